The van der Waals surface area contributed by atoms with E-state index in [0.717, 1.165) is 24.0 Å². The molecule has 1 saturated carbocycles. The number of aryl methyl sites for hydroxylation is 1. The van der Waals surface area contributed by atoms with Gasteiger partial charge in [-0.3, -0.25) is 4.98 Å². The third kappa shape index (κ3) is 2.20. The van der Waals surface area contributed by atoms with Crippen molar-refractivity contribution in [2.45, 2.75) is 25.8 Å². The Balaban J connectivity index is 1.87. The van der Waals surface area contributed by atoms with Gasteiger partial charge in [-0.05, 0) is 25.7 Å². The van der Waals surface area contributed by atoms with E-state index in [-0.39, 0.29) is 6.04 Å². The highest BCUT2D eigenvalue weighted by Gasteiger charge is 2.28. The lowest BCUT2D eigenvalue weighted by molar-refractivity contribution is 0.619. The summed E-state index contributed by atoms with van der Waals surface area (Å²) >= 11 is 0. The zero-order valence-electron chi connectivity index (χ0n) is 8.40. The zero-order valence-corrected chi connectivity index (χ0v) is 8.40. The molecule has 4 heteroatoms. The first-order chi connectivity index (χ1) is 6.77. The van der Waals surface area contributed by atoms with E-state index in [2.05, 4.69) is 15.3 Å². The molecular formula is C10H16N4. The number of nitrogens with two attached hydrogens (primary N) is 1. The number of nitrogens with zero attached hydrogens (tertiary/aromatic N) is 2. The molecule has 1 heterocycles. The van der Waals surface area contributed by atoms with E-state index in [0.29, 0.717) is 0 Å². The number of rotatable bonds is 4. The molecule has 1 atom stereocenters. The molecule has 1 aromatic rings. The first-order valence-electron chi connectivity index (χ1n) is 5.04. The maximum atomic E-state index is 5.97. The maximum Gasteiger partial charge on any atom is 0.147 e. The van der Waals surface area contributed by atoms with Crippen LogP contribution in [0, 0.1) is 12.8 Å². The molecule has 1 aliphatic rings. The number of hydrogen-bond acceptors (Lipinski definition) is 4. The molecule has 76 valence electrons. The van der Waals surface area contributed by atoms with Crippen molar-refractivity contribution >= 4 is 5.82 Å². The van der Waals surface area contributed by atoms with Crippen molar-refractivity contribution < 1.29 is 0 Å². The molecular weight excluding hydrogens is 176 g/mol. The predicted molar refractivity (Wildman–Crippen MR) is 56.0 cm³/mol. The molecule has 0 aromatic carbocycles. The summed E-state index contributed by atoms with van der Waals surface area (Å²) in [7, 11) is 0. The number of hydrogen-bond donors (Lipinski definition) is 2. The standard InChI is InChI=1S/C10H16N4/c1-7-10(13-5-4-12-7)14-6-9(11)8-2-3-8/h4-5,8-9H,2-3,6,11H2,1H3,(H,13,14). The Labute approximate surface area is 83.9 Å². The Morgan fingerprint density at radius 3 is 2.86 bits per heavy atom. The van der Waals surface area contributed by atoms with Crippen LogP contribution in [0.2, 0.25) is 0 Å². The van der Waals surface area contributed by atoms with Crippen molar-refractivity contribution in [1.82, 2.24) is 9.97 Å². The van der Waals surface area contributed by atoms with Gasteiger partial charge in [0.2, 0.25) is 0 Å². The molecule has 1 unspecified atom stereocenters. The summed E-state index contributed by atoms with van der Waals surface area (Å²) in [5.74, 6) is 1.57. The highest BCUT2D eigenvalue weighted by molar-refractivity contribution is 5.38. The molecule has 1 aromatic heterocycles. The smallest absolute Gasteiger partial charge is 0.147 e. The van der Waals surface area contributed by atoms with Crippen molar-refractivity contribution in [2.75, 3.05) is 11.9 Å². The quantitative estimate of drug-likeness (QED) is 0.745. The third-order valence-electron chi connectivity index (χ3n) is 2.61. The summed E-state index contributed by atoms with van der Waals surface area (Å²) < 4.78 is 0. The van der Waals surface area contributed by atoms with E-state index in [9.17, 15) is 0 Å². The van der Waals surface area contributed by atoms with E-state index in [1.54, 1.807) is 12.4 Å². The molecule has 4 nitrogen and oxygen atoms in total. The maximum absolute atomic E-state index is 5.97. The first-order valence-corrected chi connectivity index (χ1v) is 5.04. The topological polar surface area (TPSA) is 63.8 Å². The summed E-state index contributed by atoms with van der Waals surface area (Å²) in [4.78, 5) is 8.35. The van der Waals surface area contributed by atoms with Crippen LogP contribution in [-0.4, -0.2) is 22.6 Å². The average Bonchev–Trinajstić information content (AvgIpc) is 2.99. The average molecular weight is 192 g/mol. The summed E-state index contributed by atoms with van der Waals surface area (Å²) in [6.45, 7) is 2.74. The van der Waals surface area contributed by atoms with Crippen molar-refractivity contribution in [3.05, 3.63) is 18.1 Å². The second kappa shape index (κ2) is 3.92. The lowest BCUT2D eigenvalue weighted by Gasteiger charge is -2.12. The van der Waals surface area contributed by atoms with Gasteiger partial charge in [0.05, 0.1) is 5.69 Å². The number of anilines is 1. The molecule has 2 rings (SSSR count). The fourth-order valence-corrected chi connectivity index (χ4v) is 1.49. The lowest BCUT2D eigenvalue weighted by Crippen LogP contribution is -2.31. The van der Waals surface area contributed by atoms with E-state index < -0.39 is 0 Å². The minimum atomic E-state index is 0.261. The Bertz CT molecular complexity index is 309. The Hall–Kier alpha value is -1.16. The van der Waals surface area contributed by atoms with Crippen LogP contribution in [0.5, 0.6) is 0 Å². The molecule has 0 saturated heterocycles. The lowest BCUT2D eigenvalue weighted by atomic mass is 10.2. The van der Waals surface area contributed by atoms with E-state index in [4.69, 9.17) is 5.73 Å². The van der Waals surface area contributed by atoms with E-state index in [1.165, 1.54) is 12.8 Å². The van der Waals surface area contributed by atoms with Gasteiger partial charge in [0.15, 0.2) is 0 Å². The molecule has 14 heavy (non-hydrogen) atoms. The van der Waals surface area contributed by atoms with Crippen LogP contribution < -0.4 is 11.1 Å². The minimum absolute atomic E-state index is 0.261. The molecule has 0 radical (unpaired) electrons. The van der Waals surface area contributed by atoms with Crippen LogP contribution in [0.15, 0.2) is 12.4 Å². The molecule has 3 N–H and O–H groups in total. The predicted octanol–water partition coefficient (Wildman–Crippen LogP) is 0.934. The Morgan fingerprint density at radius 1 is 1.50 bits per heavy atom. The van der Waals surface area contributed by atoms with Gasteiger partial charge in [0.25, 0.3) is 0 Å². The fourth-order valence-electron chi connectivity index (χ4n) is 1.49. The summed E-state index contributed by atoms with van der Waals surface area (Å²) in [6.07, 6.45) is 5.95. The fraction of sp³-hybridized carbons (Fsp3) is 0.600. The van der Waals surface area contributed by atoms with Gasteiger partial charge in [-0.1, -0.05) is 0 Å². The van der Waals surface area contributed by atoms with Crippen molar-refractivity contribution in [1.29, 1.82) is 0 Å². The molecule has 0 spiro atoms. The monoisotopic (exact) mass is 192 g/mol. The van der Waals surface area contributed by atoms with Crippen LogP contribution >= 0.6 is 0 Å². The van der Waals surface area contributed by atoms with Crippen molar-refractivity contribution in [3.8, 4) is 0 Å². The second-order valence-corrected chi connectivity index (χ2v) is 3.87. The van der Waals surface area contributed by atoms with Gasteiger partial charge >= 0.3 is 0 Å². The van der Waals surface area contributed by atoms with Gasteiger partial charge < -0.3 is 11.1 Å². The number of aromatic nitrogens is 2. The molecule has 0 aliphatic heterocycles. The van der Waals surface area contributed by atoms with Gasteiger partial charge in [-0.15, -0.1) is 0 Å². The van der Waals surface area contributed by atoms with Crippen LogP contribution in [0.3, 0.4) is 0 Å². The summed E-state index contributed by atoms with van der Waals surface area (Å²) in [5, 5.41) is 3.24. The van der Waals surface area contributed by atoms with Crippen molar-refractivity contribution in [3.63, 3.8) is 0 Å². The molecule has 1 fully saturated rings. The van der Waals surface area contributed by atoms with E-state index >= 15 is 0 Å². The van der Waals surface area contributed by atoms with Crippen molar-refractivity contribution in [2.24, 2.45) is 11.7 Å². The van der Waals surface area contributed by atoms with Crippen LogP contribution in [0.25, 0.3) is 0 Å². The first kappa shape index (κ1) is 9.40. The highest BCUT2D eigenvalue weighted by atomic mass is 15.0. The summed E-state index contributed by atoms with van der Waals surface area (Å²) in [6, 6.07) is 0.261. The highest BCUT2D eigenvalue weighted by Crippen LogP contribution is 2.31. The largest absolute Gasteiger partial charge is 0.367 e. The van der Waals surface area contributed by atoms with E-state index in [1.807, 2.05) is 6.92 Å². The zero-order chi connectivity index (χ0) is 9.97. The molecule has 0 bridgehead atoms. The Morgan fingerprint density at radius 2 is 2.21 bits per heavy atom. The third-order valence-corrected chi connectivity index (χ3v) is 2.61. The van der Waals surface area contributed by atoms with Gasteiger partial charge in [0, 0.05) is 25.0 Å². The van der Waals surface area contributed by atoms with Gasteiger partial charge in [0.1, 0.15) is 5.82 Å². The SMILES string of the molecule is Cc1nccnc1NCC(N)C1CC1. The Kier molecular flexibility index (Phi) is 2.63. The molecule has 0 amide bonds. The van der Waals surface area contributed by atoms with Crippen LogP contribution in [0.4, 0.5) is 5.82 Å². The minimum Gasteiger partial charge on any atom is -0.367 e. The van der Waals surface area contributed by atoms with Crippen LogP contribution in [-0.2, 0) is 0 Å². The van der Waals surface area contributed by atoms with Gasteiger partial charge in [-0.2, -0.15) is 0 Å². The van der Waals surface area contributed by atoms with Gasteiger partial charge in [-0.25, -0.2) is 4.98 Å². The molecule has 1 aliphatic carbocycles. The second-order valence-electron chi connectivity index (χ2n) is 3.87. The number of nitrogens with one attached hydrogen (secondary N) is 1. The normalized spacial score (nSPS) is 17.9. The summed E-state index contributed by atoms with van der Waals surface area (Å²) in [5.41, 5.74) is 6.89. The van der Waals surface area contributed by atoms with Crippen LogP contribution in [0.1, 0.15) is 18.5 Å².